The maximum Gasteiger partial charge on any atom is 0.264 e. The van der Waals surface area contributed by atoms with E-state index in [2.05, 4.69) is 19.2 Å². The second-order valence-electron chi connectivity index (χ2n) is 9.26. The summed E-state index contributed by atoms with van der Waals surface area (Å²) < 4.78 is 44.9. The lowest BCUT2D eigenvalue weighted by Crippen LogP contribution is -2.41. The molecule has 0 aliphatic rings. The molecule has 3 rings (SSSR count). The molecule has 1 atom stereocenters. The maximum absolute atomic E-state index is 13.8. The van der Waals surface area contributed by atoms with E-state index in [9.17, 15) is 13.2 Å². The molecule has 8 nitrogen and oxygen atoms in total. The summed E-state index contributed by atoms with van der Waals surface area (Å²) in [6, 6.07) is 16.4. The maximum atomic E-state index is 13.8. The molecule has 0 bridgehead atoms. The van der Waals surface area contributed by atoms with E-state index in [1.165, 1.54) is 26.4 Å². The van der Waals surface area contributed by atoms with E-state index in [1.807, 2.05) is 26.0 Å². The van der Waals surface area contributed by atoms with Gasteiger partial charge in [0.15, 0.2) is 0 Å². The number of nitrogens with one attached hydrogen (secondary N) is 1. The average molecular weight is 541 g/mol. The van der Waals surface area contributed by atoms with Crippen molar-refractivity contribution in [2.75, 3.05) is 32.2 Å². The minimum atomic E-state index is -4.12. The summed E-state index contributed by atoms with van der Waals surface area (Å²) in [5.41, 5.74) is 3.12. The zero-order valence-electron chi connectivity index (χ0n) is 22.9. The Morgan fingerprint density at radius 3 is 2.11 bits per heavy atom. The first-order chi connectivity index (χ1) is 18.0. The van der Waals surface area contributed by atoms with Crippen LogP contribution in [0.15, 0.2) is 65.6 Å². The summed E-state index contributed by atoms with van der Waals surface area (Å²) in [5.74, 6) is 1.27. The number of ether oxygens (including phenoxy) is 3. The minimum Gasteiger partial charge on any atom is -0.497 e. The van der Waals surface area contributed by atoms with Gasteiger partial charge in [-0.15, -0.1) is 0 Å². The van der Waals surface area contributed by atoms with Crippen molar-refractivity contribution in [2.45, 2.75) is 44.6 Å². The largest absolute Gasteiger partial charge is 0.497 e. The number of rotatable bonds is 11. The van der Waals surface area contributed by atoms with Crippen LogP contribution in [0.4, 0.5) is 5.69 Å². The lowest BCUT2D eigenvalue weighted by molar-refractivity contribution is -0.120. The monoisotopic (exact) mass is 540 g/mol. The van der Waals surface area contributed by atoms with Crippen LogP contribution in [0.5, 0.6) is 17.2 Å². The number of methoxy groups -OCH3 is 3. The van der Waals surface area contributed by atoms with Crippen molar-refractivity contribution >= 4 is 21.6 Å². The quantitative estimate of drug-likeness (QED) is 0.359. The molecule has 38 heavy (non-hydrogen) atoms. The summed E-state index contributed by atoms with van der Waals surface area (Å²) >= 11 is 0. The van der Waals surface area contributed by atoms with Crippen LogP contribution in [0.1, 0.15) is 49.4 Å². The molecule has 0 unspecified atom stereocenters. The summed E-state index contributed by atoms with van der Waals surface area (Å²) in [6.45, 7) is 7.52. The molecular weight excluding hydrogens is 504 g/mol. The van der Waals surface area contributed by atoms with Gasteiger partial charge in [-0.25, -0.2) is 8.42 Å². The third-order valence-electron chi connectivity index (χ3n) is 6.36. The number of sulfonamides is 1. The van der Waals surface area contributed by atoms with Crippen LogP contribution >= 0.6 is 0 Å². The predicted molar refractivity (Wildman–Crippen MR) is 149 cm³/mol. The normalized spacial score (nSPS) is 12.1. The van der Waals surface area contributed by atoms with Crippen LogP contribution in [0, 0.1) is 6.92 Å². The molecule has 0 aromatic heterocycles. The van der Waals surface area contributed by atoms with Crippen molar-refractivity contribution in [2.24, 2.45) is 0 Å². The van der Waals surface area contributed by atoms with Crippen LogP contribution in [-0.4, -0.2) is 42.2 Å². The van der Waals surface area contributed by atoms with E-state index >= 15 is 0 Å². The van der Waals surface area contributed by atoms with Crippen molar-refractivity contribution in [3.8, 4) is 17.2 Å². The molecule has 0 heterocycles. The molecular formula is C29H36N2O6S. The second-order valence-corrected chi connectivity index (χ2v) is 11.1. The Labute approximate surface area is 225 Å². The Morgan fingerprint density at radius 1 is 0.868 bits per heavy atom. The van der Waals surface area contributed by atoms with E-state index < -0.39 is 22.5 Å². The molecule has 3 aromatic rings. The summed E-state index contributed by atoms with van der Waals surface area (Å²) in [4.78, 5) is 13.4. The molecule has 3 aromatic carbocycles. The van der Waals surface area contributed by atoms with Crippen LogP contribution in [-0.2, 0) is 14.8 Å². The standard InChI is InChI=1S/C29H36N2O6S/c1-19(2)24-17-25(20(3)15-28(24)37-7)21(4)30-29(32)18-31(38(33,34)23-11-9-8-10-12-23)26-16-22(35-5)13-14-27(26)36-6/h8-17,19,21H,18H2,1-7H3,(H,30,32)/t21-/m1/s1. The van der Waals surface area contributed by atoms with Gasteiger partial charge in [0.2, 0.25) is 5.91 Å². The second kappa shape index (κ2) is 12.2. The number of hydrogen-bond donors (Lipinski definition) is 1. The molecule has 204 valence electrons. The summed E-state index contributed by atoms with van der Waals surface area (Å²) in [7, 11) is 0.446. The smallest absolute Gasteiger partial charge is 0.264 e. The highest BCUT2D eigenvalue weighted by atomic mass is 32.2. The van der Waals surface area contributed by atoms with Crippen LogP contribution in [0.25, 0.3) is 0 Å². The number of aryl methyl sites for hydroxylation is 1. The van der Waals surface area contributed by atoms with Gasteiger partial charge in [0.05, 0.1) is 38.0 Å². The number of nitrogens with zero attached hydrogens (tertiary/aromatic N) is 1. The molecule has 0 aliphatic carbocycles. The predicted octanol–water partition coefficient (Wildman–Crippen LogP) is 5.22. The zero-order chi connectivity index (χ0) is 28.0. The van der Waals surface area contributed by atoms with Crippen LogP contribution in [0.3, 0.4) is 0 Å². The van der Waals surface area contributed by atoms with Gasteiger partial charge in [0.1, 0.15) is 23.8 Å². The number of anilines is 1. The molecule has 0 aliphatic heterocycles. The van der Waals surface area contributed by atoms with Crippen molar-refractivity contribution in [3.63, 3.8) is 0 Å². The molecule has 1 amide bonds. The van der Waals surface area contributed by atoms with E-state index in [0.717, 1.165) is 26.7 Å². The average Bonchev–Trinajstić information content (AvgIpc) is 2.91. The van der Waals surface area contributed by atoms with E-state index in [4.69, 9.17) is 14.2 Å². The highest BCUT2D eigenvalue weighted by Crippen LogP contribution is 2.36. The van der Waals surface area contributed by atoms with Crippen molar-refractivity contribution in [1.29, 1.82) is 0 Å². The summed E-state index contributed by atoms with van der Waals surface area (Å²) in [6.07, 6.45) is 0. The lowest BCUT2D eigenvalue weighted by Gasteiger charge is -2.27. The Kier molecular flexibility index (Phi) is 9.27. The molecule has 0 saturated carbocycles. The minimum absolute atomic E-state index is 0.0540. The van der Waals surface area contributed by atoms with Gasteiger partial charge in [-0.2, -0.15) is 0 Å². The van der Waals surface area contributed by atoms with E-state index in [-0.39, 0.29) is 22.5 Å². The fourth-order valence-electron chi connectivity index (χ4n) is 4.32. The topological polar surface area (TPSA) is 94.2 Å². The summed E-state index contributed by atoms with van der Waals surface area (Å²) in [5, 5.41) is 2.97. The molecule has 0 spiro atoms. The van der Waals surface area contributed by atoms with Gasteiger partial charge in [0.25, 0.3) is 10.0 Å². The zero-order valence-corrected chi connectivity index (χ0v) is 23.8. The molecule has 0 fully saturated rings. The van der Waals surface area contributed by atoms with Crippen molar-refractivity contribution < 1.29 is 27.4 Å². The number of carbonyl (C=O) groups excluding carboxylic acids is 1. The number of amides is 1. The van der Waals surface area contributed by atoms with Gasteiger partial charge < -0.3 is 19.5 Å². The van der Waals surface area contributed by atoms with Crippen molar-refractivity contribution in [1.82, 2.24) is 5.32 Å². The fourth-order valence-corrected chi connectivity index (χ4v) is 5.76. The molecule has 0 saturated heterocycles. The highest BCUT2D eigenvalue weighted by Gasteiger charge is 2.30. The fraction of sp³-hybridized carbons (Fsp3) is 0.345. The lowest BCUT2D eigenvalue weighted by atomic mass is 9.93. The Bertz CT molecular complexity index is 1370. The number of benzene rings is 3. The van der Waals surface area contributed by atoms with Gasteiger partial charge in [-0.1, -0.05) is 32.0 Å². The van der Waals surface area contributed by atoms with Gasteiger partial charge in [0, 0.05) is 6.07 Å². The van der Waals surface area contributed by atoms with Crippen LogP contribution < -0.4 is 23.8 Å². The third-order valence-corrected chi connectivity index (χ3v) is 8.13. The number of carbonyl (C=O) groups is 1. The Morgan fingerprint density at radius 2 is 1.53 bits per heavy atom. The number of hydrogen-bond acceptors (Lipinski definition) is 6. The van der Waals surface area contributed by atoms with Gasteiger partial charge >= 0.3 is 0 Å². The van der Waals surface area contributed by atoms with Gasteiger partial charge in [-0.3, -0.25) is 9.10 Å². The van der Waals surface area contributed by atoms with E-state index in [1.54, 1.807) is 43.5 Å². The van der Waals surface area contributed by atoms with Gasteiger partial charge in [-0.05, 0) is 72.9 Å². The first kappa shape index (κ1) is 28.8. The molecule has 0 radical (unpaired) electrons. The first-order valence-electron chi connectivity index (χ1n) is 12.3. The first-order valence-corrected chi connectivity index (χ1v) is 13.7. The Balaban J connectivity index is 1.99. The highest BCUT2D eigenvalue weighted by molar-refractivity contribution is 7.92. The molecule has 9 heteroatoms. The Hall–Kier alpha value is -3.72. The molecule has 1 N–H and O–H groups in total. The third kappa shape index (κ3) is 6.22. The SMILES string of the molecule is COc1ccc(OC)c(N(CC(=O)N[C@H](C)c2cc(C(C)C)c(OC)cc2C)S(=O)(=O)c2ccccc2)c1. The van der Waals surface area contributed by atoms with E-state index in [0.29, 0.717) is 11.5 Å². The van der Waals surface area contributed by atoms with Crippen molar-refractivity contribution in [3.05, 3.63) is 77.4 Å². The van der Waals surface area contributed by atoms with Crippen LogP contribution in [0.2, 0.25) is 0 Å².